The van der Waals surface area contributed by atoms with E-state index in [1.807, 2.05) is 18.2 Å². The lowest BCUT2D eigenvalue weighted by Crippen LogP contribution is -2.06. The van der Waals surface area contributed by atoms with Crippen molar-refractivity contribution < 1.29 is 14.2 Å². The first-order valence-corrected chi connectivity index (χ1v) is 7.89. The molecule has 0 radical (unpaired) electrons. The Bertz CT molecular complexity index is 626. The van der Waals surface area contributed by atoms with Gasteiger partial charge in [-0.25, -0.2) is 0 Å². The minimum absolute atomic E-state index is 0.500. The van der Waals surface area contributed by atoms with Crippen LogP contribution in [0, 0.1) is 0 Å². The first-order valence-electron chi connectivity index (χ1n) is 7.89. The van der Waals surface area contributed by atoms with E-state index < -0.39 is 0 Å². The summed E-state index contributed by atoms with van der Waals surface area (Å²) >= 11 is 0. The number of nitrogen functional groups attached to an aromatic ring is 1. The van der Waals surface area contributed by atoms with Crippen LogP contribution in [0.25, 0.3) is 0 Å². The van der Waals surface area contributed by atoms with Crippen LogP contribution in [-0.4, -0.2) is 20.3 Å². The molecule has 4 heteroatoms. The van der Waals surface area contributed by atoms with Crippen LogP contribution in [0.3, 0.4) is 0 Å². The molecule has 0 aliphatic rings. The molecule has 2 N–H and O–H groups in total. The molecule has 2 aromatic carbocycles. The van der Waals surface area contributed by atoms with Crippen molar-refractivity contribution in [3.05, 3.63) is 48.0 Å². The van der Waals surface area contributed by atoms with Gasteiger partial charge in [-0.3, -0.25) is 0 Å². The van der Waals surface area contributed by atoms with E-state index in [2.05, 4.69) is 26.0 Å². The number of methoxy groups -OCH3 is 1. The van der Waals surface area contributed by atoms with Crippen LogP contribution < -0.4 is 19.9 Å². The quantitative estimate of drug-likeness (QED) is 0.584. The summed E-state index contributed by atoms with van der Waals surface area (Å²) in [5.41, 5.74) is 7.66. The molecule has 0 atom stereocenters. The SMILES string of the molecule is COc1cc(N)ccc1OCCCOc1cccc(C(C)C)c1. The van der Waals surface area contributed by atoms with Gasteiger partial charge in [0.1, 0.15) is 5.75 Å². The summed E-state index contributed by atoms with van der Waals surface area (Å²) in [5.74, 6) is 2.75. The molecule has 0 heterocycles. The summed E-state index contributed by atoms with van der Waals surface area (Å²) < 4.78 is 16.8. The molecule has 0 aliphatic carbocycles. The summed E-state index contributed by atoms with van der Waals surface area (Å²) in [4.78, 5) is 0. The Morgan fingerprint density at radius 2 is 1.74 bits per heavy atom. The summed E-state index contributed by atoms with van der Waals surface area (Å²) in [5, 5.41) is 0. The maximum absolute atomic E-state index is 5.78. The van der Waals surface area contributed by atoms with Crippen molar-refractivity contribution in [3.8, 4) is 17.2 Å². The monoisotopic (exact) mass is 315 g/mol. The van der Waals surface area contributed by atoms with Crippen LogP contribution in [0.2, 0.25) is 0 Å². The van der Waals surface area contributed by atoms with Crippen molar-refractivity contribution in [3.63, 3.8) is 0 Å². The van der Waals surface area contributed by atoms with Crippen molar-refractivity contribution in [2.24, 2.45) is 0 Å². The second-order valence-electron chi connectivity index (χ2n) is 5.69. The number of anilines is 1. The Morgan fingerprint density at radius 1 is 0.957 bits per heavy atom. The van der Waals surface area contributed by atoms with Gasteiger partial charge in [0.05, 0.1) is 20.3 Å². The van der Waals surface area contributed by atoms with Crippen molar-refractivity contribution in [2.75, 3.05) is 26.1 Å². The third-order valence-corrected chi connectivity index (χ3v) is 3.53. The molecule has 2 aromatic rings. The smallest absolute Gasteiger partial charge is 0.162 e. The Morgan fingerprint density at radius 3 is 2.48 bits per heavy atom. The van der Waals surface area contributed by atoms with E-state index in [9.17, 15) is 0 Å². The predicted molar refractivity (Wildman–Crippen MR) is 93.5 cm³/mol. The lowest BCUT2D eigenvalue weighted by molar-refractivity contribution is 0.240. The normalized spacial score (nSPS) is 10.6. The van der Waals surface area contributed by atoms with Gasteiger partial charge in [-0.2, -0.15) is 0 Å². The van der Waals surface area contributed by atoms with Crippen molar-refractivity contribution in [2.45, 2.75) is 26.2 Å². The third-order valence-electron chi connectivity index (χ3n) is 3.53. The van der Waals surface area contributed by atoms with Gasteiger partial charge < -0.3 is 19.9 Å². The first kappa shape index (κ1) is 17.0. The van der Waals surface area contributed by atoms with E-state index in [1.165, 1.54) is 5.56 Å². The van der Waals surface area contributed by atoms with Gasteiger partial charge in [-0.05, 0) is 35.7 Å². The predicted octanol–water partition coefficient (Wildman–Crippen LogP) is 4.25. The highest BCUT2D eigenvalue weighted by Gasteiger charge is 2.05. The molecule has 0 fully saturated rings. The minimum atomic E-state index is 0.500. The molecule has 0 saturated carbocycles. The molecule has 124 valence electrons. The van der Waals surface area contributed by atoms with Crippen molar-refractivity contribution in [1.82, 2.24) is 0 Å². The highest BCUT2D eigenvalue weighted by Crippen LogP contribution is 2.29. The maximum Gasteiger partial charge on any atom is 0.162 e. The van der Waals surface area contributed by atoms with E-state index in [-0.39, 0.29) is 0 Å². The lowest BCUT2D eigenvalue weighted by atomic mass is 10.0. The molecular weight excluding hydrogens is 290 g/mol. The van der Waals surface area contributed by atoms with Crippen LogP contribution in [0.5, 0.6) is 17.2 Å². The largest absolute Gasteiger partial charge is 0.493 e. The minimum Gasteiger partial charge on any atom is -0.493 e. The Balaban J connectivity index is 1.77. The van der Waals surface area contributed by atoms with E-state index in [1.54, 1.807) is 19.2 Å². The van der Waals surface area contributed by atoms with Crippen LogP contribution in [0.4, 0.5) is 5.69 Å². The Labute approximate surface area is 138 Å². The van der Waals surface area contributed by atoms with Gasteiger partial charge >= 0.3 is 0 Å². The zero-order valence-corrected chi connectivity index (χ0v) is 14.0. The van der Waals surface area contributed by atoms with Gasteiger partial charge in [0.2, 0.25) is 0 Å². The Hall–Kier alpha value is -2.36. The second-order valence-corrected chi connectivity index (χ2v) is 5.69. The number of hydrogen-bond acceptors (Lipinski definition) is 4. The summed E-state index contributed by atoms with van der Waals surface area (Å²) in [7, 11) is 1.60. The molecule has 2 rings (SSSR count). The molecule has 23 heavy (non-hydrogen) atoms. The van der Waals surface area contributed by atoms with Crippen molar-refractivity contribution in [1.29, 1.82) is 0 Å². The molecule has 0 spiro atoms. The molecular formula is C19H25NO3. The zero-order chi connectivity index (χ0) is 16.7. The van der Waals surface area contributed by atoms with Gasteiger partial charge in [-0.15, -0.1) is 0 Å². The molecule has 4 nitrogen and oxygen atoms in total. The van der Waals surface area contributed by atoms with Crippen LogP contribution in [0.15, 0.2) is 42.5 Å². The molecule has 0 bridgehead atoms. The number of nitrogens with two attached hydrogens (primary N) is 1. The molecule has 0 aliphatic heterocycles. The number of hydrogen-bond donors (Lipinski definition) is 1. The fourth-order valence-corrected chi connectivity index (χ4v) is 2.20. The average Bonchev–Trinajstić information content (AvgIpc) is 2.55. The topological polar surface area (TPSA) is 53.7 Å². The average molecular weight is 315 g/mol. The van der Waals surface area contributed by atoms with Crippen LogP contribution in [0.1, 0.15) is 31.7 Å². The fraction of sp³-hybridized carbons (Fsp3) is 0.368. The van der Waals surface area contributed by atoms with E-state index >= 15 is 0 Å². The standard InChI is InChI=1S/C19H25NO3/c1-14(2)15-6-4-7-17(12-15)22-10-5-11-23-18-9-8-16(20)13-19(18)21-3/h4,6-9,12-14H,5,10-11,20H2,1-3H3. The Kier molecular flexibility index (Phi) is 6.15. The highest BCUT2D eigenvalue weighted by atomic mass is 16.5. The molecule has 0 aromatic heterocycles. The van der Waals surface area contributed by atoms with Gasteiger partial charge in [0.25, 0.3) is 0 Å². The highest BCUT2D eigenvalue weighted by molar-refractivity contribution is 5.51. The number of rotatable bonds is 8. The van der Waals surface area contributed by atoms with E-state index in [0.717, 1.165) is 12.2 Å². The van der Waals surface area contributed by atoms with Gasteiger partial charge in [0.15, 0.2) is 11.5 Å². The maximum atomic E-state index is 5.78. The third kappa shape index (κ3) is 5.09. The van der Waals surface area contributed by atoms with E-state index in [4.69, 9.17) is 19.9 Å². The van der Waals surface area contributed by atoms with Crippen molar-refractivity contribution >= 4 is 5.69 Å². The van der Waals surface area contributed by atoms with Crippen LogP contribution >= 0.6 is 0 Å². The van der Waals surface area contributed by atoms with Crippen LogP contribution in [-0.2, 0) is 0 Å². The first-order chi connectivity index (χ1) is 11.1. The summed E-state index contributed by atoms with van der Waals surface area (Å²) in [6.07, 6.45) is 0.791. The molecule has 0 unspecified atom stereocenters. The zero-order valence-electron chi connectivity index (χ0n) is 14.0. The van der Waals surface area contributed by atoms with E-state index in [0.29, 0.717) is 36.3 Å². The molecule has 0 saturated heterocycles. The summed E-state index contributed by atoms with van der Waals surface area (Å²) in [6, 6.07) is 13.6. The summed E-state index contributed by atoms with van der Waals surface area (Å²) in [6.45, 7) is 5.52. The van der Waals surface area contributed by atoms with Gasteiger partial charge in [0, 0.05) is 18.2 Å². The molecule has 0 amide bonds. The van der Waals surface area contributed by atoms with Gasteiger partial charge in [-0.1, -0.05) is 26.0 Å². The number of ether oxygens (including phenoxy) is 3. The fourth-order valence-electron chi connectivity index (χ4n) is 2.20. The number of benzene rings is 2. The second kappa shape index (κ2) is 8.32. The lowest BCUT2D eigenvalue weighted by Gasteiger charge is -2.12.